The van der Waals surface area contributed by atoms with Gasteiger partial charge < -0.3 is 9.84 Å². The van der Waals surface area contributed by atoms with Gasteiger partial charge in [0.1, 0.15) is 12.4 Å². The molecule has 0 saturated carbocycles. The molecule has 0 aromatic heterocycles. The van der Waals surface area contributed by atoms with Gasteiger partial charge in [-0.2, -0.15) is 13.2 Å². The van der Waals surface area contributed by atoms with Crippen LogP contribution in [0.3, 0.4) is 0 Å². The molecule has 0 radical (unpaired) electrons. The smallest absolute Gasteiger partial charge is 0.417 e. The van der Waals surface area contributed by atoms with E-state index in [9.17, 15) is 18.0 Å². The molecule has 0 unspecified atom stereocenters. The van der Waals surface area contributed by atoms with Crippen molar-refractivity contribution in [1.82, 2.24) is 4.90 Å². The van der Waals surface area contributed by atoms with E-state index in [1.165, 1.54) is 12.1 Å². The summed E-state index contributed by atoms with van der Waals surface area (Å²) in [6, 6.07) is 7.66. The first-order valence-corrected chi connectivity index (χ1v) is 9.46. The van der Waals surface area contributed by atoms with Crippen LogP contribution in [0.15, 0.2) is 30.3 Å². The Labute approximate surface area is 171 Å². The molecule has 1 aliphatic heterocycles. The Morgan fingerprint density at radius 3 is 2.34 bits per heavy atom. The maximum Gasteiger partial charge on any atom is 0.417 e. The molecule has 4 nitrogen and oxygen atoms in total. The number of carbonyl (C=O) groups is 1. The summed E-state index contributed by atoms with van der Waals surface area (Å²) in [7, 11) is 0. The van der Waals surface area contributed by atoms with E-state index in [1.54, 1.807) is 0 Å². The fourth-order valence-electron chi connectivity index (χ4n) is 3.51. The maximum atomic E-state index is 13.0. The van der Waals surface area contributed by atoms with Crippen LogP contribution in [0.4, 0.5) is 13.2 Å². The van der Waals surface area contributed by atoms with E-state index in [0.717, 1.165) is 22.8 Å². The molecule has 2 aromatic rings. The monoisotopic (exact) mass is 427 g/mol. The molecule has 0 spiro atoms. The van der Waals surface area contributed by atoms with Crippen LogP contribution in [0.1, 0.15) is 27.8 Å². The van der Waals surface area contributed by atoms with Crippen molar-refractivity contribution in [2.45, 2.75) is 33.2 Å². The summed E-state index contributed by atoms with van der Waals surface area (Å²) < 4.78 is 44.8. The van der Waals surface area contributed by atoms with E-state index in [-0.39, 0.29) is 17.5 Å². The molecule has 3 rings (SSSR count). The molecule has 1 N–H and O–H groups in total. The maximum absolute atomic E-state index is 13.0. The average molecular weight is 428 g/mol. The second kappa shape index (κ2) is 8.24. The van der Waals surface area contributed by atoms with Gasteiger partial charge in [0, 0.05) is 19.6 Å². The summed E-state index contributed by atoms with van der Waals surface area (Å²) in [5.74, 6) is -0.446. The van der Waals surface area contributed by atoms with Crippen molar-refractivity contribution in [1.29, 1.82) is 0 Å². The molecule has 156 valence electrons. The van der Waals surface area contributed by atoms with Gasteiger partial charge in [-0.25, -0.2) is 0 Å². The molecule has 1 saturated heterocycles. The summed E-state index contributed by atoms with van der Waals surface area (Å²) in [6.07, 6.45) is -4.52. The predicted molar refractivity (Wildman–Crippen MR) is 103 cm³/mol. The van der Waals surface area contributed by atoms with Crippen LogP contribution in [0.5, 0.6) is 5.75 Å². The Morgan fingerprint density at radius 2 is 1.79 bits per heavy atom. The van der Waals surface area contributed by atoms with Crippen LogP contribution in [0.2, 0.25) is 5.02 Å². The SMILES string of the molecule is Cc1cc(CN2CC(C(=O)O)C2)cc(C)c1OCc1ccc(Cl)c(C(F)(F)F)c1. The zero-order valence-electron chi connectivity index (χ0n) is 16.0. The van der Waals surface area contributed by atoms with E-state index in [1.807, 2.05) is 26.0 Å². The van der Waals surface area contributed by atoms with Crippen LogP contribution in [0.25, 0.3) is 0 Å². The second-order valence-electron chi connectivity index (χ2n) is 7.39. The lowest BCUT2D eigenvalue weighted by molar-refractivity contribution is -0.147. The lowest BCUT2D eigenvalue weighted by atomic mass is 9.98. The van der Waals surface area contributed by atoms with Crippen molar-refractivity contribution < 1.29 is 27.8 Å². The number of aliphatic carboxylic acids is 1. The van der Waals surface area contributed by atoms with Crippen LogP contribution in [0, 0.1) is 19.8 Å². The number of carboxylic acid groups (broad SMARTS) is 1. The number of aryl methyl sites for hydroxylation is 2. The van der Waals surface area contributed by atoms with Gasteiger partial charge in [0.15, 0.2) is 0 Å². The molecule has 8 heteroatoms. The number of rotatable bonds is 6. The minimum Gasteiger partial charge on any atom is -0.488 e. The van der Waals surface area contributed by atoms with Gasteiger partial charge in [0.05, 0.1) is 16.5 Å². The van der Waals surface area contributed by atoms with Crippen LogP contribution < -0.4 is 4.74 Å². The zero-order valence-corrected chi connectivity index (χ0v) is 16.8. The third kappa shape index (κ3) is 5.03. The van der Waals surface area contributed by atoms with Crippen molar-refractivity contribution >= 4 is 17.6 Å². The number of carboxylic acids is 1. The highest BCUT2D eigenvalue weighted by atomic mass is 35.5. The molecule has 2 aromatic carbocycles. The lowest BCUT2D eigenvalue weighted by Gasteiger charge is -2.36. The summed E-state index contributed by atoms with van der Waals surface area (Å²) in [5.41, 5.74) is 2.30. The minimum absolute atomic E-state index is 0.00626. The molecule has 1 aliphatic rings. The highest BCUT2D eigenvalue weighted by Crippen LogP contribution is 2.35. The van der Waals surface area contributed by atoms with Crippen LogP contribution >= 0.6 is 11.6 Å². The van der Waals surface area contributed by atoms with Crippen molar-refractivity contribution in [2.75, 3.05) is 13.1 Å². The van der Waals surface area contributed by atoms with E-state index in [2.05, 4.69) is 4.90 Å². The first-order valence-electron chi connectivity index (χ1n) is 9.08. The molecule has 29 heavy (non-hydrogen) atoms. The summed E-state index contributed by atoms with van der Waals surface area (Å²) in [5, 5.41) is 8.62. The van der Waals surface area contributed by atoms with Gasteiger partial charge in [-0.05, 0) is 48.2 Å². The Balaban J connectivity index is 1.67. The summed E-state index contributed by atoms with van der Waals surface area (Å²) in [4.78, 5) is 13.0. The Morgan fingerprint density at radius 1 is 1.17 bits per heavy atom. The fraction of sp³-hybridized carbons (Fsp3) is 0.381. The Hall–Kier alpha value is -2.25. The molecular weight excluding hydrogens is 407 g/mol. The van der Waals surface area contributed by atoms with Crippen LogP contribution in [-0.2, 0) is 24.1 Å². The van der Waals surface area contributed by atoms with Gasteiger partial charge in [0.2, 0.25) is 0 Å². The van der Waals surface area contributed by atoms with Gasteiger partial charge in [0.25, 0.3) is 0 Å². The molecular formula is C21H21ClF3NO3. The van der Waals surface area contributed by atoms with E-state index in [4.69, 9.17) is 21.4 Å². The number of benzene rings is 2. The Kier molecular flexibility index (Phi) is 6.10. The van der Waals surface area contributed by atoms with Crippen molar-refractivity contribution in [3.63, 3.8) is 0 Å². The Bertz CT molecular complexity index is 901. The number of halogens is 4. The second-order valence-corrected chi connectivity index (χ2v) is 7.80. The number of likely N-dealkylation sites (tertiary alicyclic amines) is 1. The molecule has 1 fully saturated rings. The largest absolute Gasteiger partial charge is 0.488 e. The summed E-state index contributed by atoms with van der Waals surface area (Å²) >= 11 is 5.65. The van der Waals surface area contributed by atoms with Gasteiger partial charge >= 0.3 is 12.1 Å². The van der Waals surface area contributed by atoms with Crippen LogP contribution in [-0.4, -0.2) is 29.1 Å². The van der Waals surface area contributed by atoms with E-state index in [0.29, 0.717) is 30.9 Å². The molecule has 0 aliphatic carbocycles. The third-order valence-corrected chi connectivity index (χ3v) is 5.28. The van der Waals surface area contributed by atoms with Crippen molar-refractivity contribution in [3.8, 4) is 5.75 Å². The zero-order chi connectivity index (χ0) is 21.3. The lowest BCUT2D eigenvalue weighted by Crippen LogP contribution is -2.49. The normalized spacial score (nSPS) is 15.2. The summed E-state index contributed by atoms with van der Waals surface area (Å²) in [6.45, 7) is 5.47. The topological polar surface area (TPSA) is 49.8 Å². The van der Waals surface area contributed by atoms with Gasteiger partial charge in [-0.1, -0.05) is 29.8 Å². The highest BCUT2D eigenvalue weighted by Gasteiger charge is 2.33. The molecule has 0 bridgehead atoms. The molecule has 1 heterocycles. The number of nitrogens with zero attached hydrogens (tertiary/aromatic N) is 1. The predicted octanol–water partition coefficient (Wildman–Crippen LogP) is 5.07. The fourth-order valence-corrected chi connectivity index (χ4v) is 3.73. The number of hydrogen-bond donors (Lipinski definition) is 1. The van der Waals surface area contributed by atoms with Crippen molar-refractivity contribution in [3.05, 3.63) is 63.2 Å². The number of alkyl halides is 3. The highest BCUT2D eigenvalue weighted by molar-refractivity contribution is 6.31. The quantitative estimate of drug-likeness (QED) is 0.699. The minimum atomic E-state index is -4.52. The standard InChI is InChI=1S/C21H21ClF3NO3/c1-12-5-15(8-26-9-16(10-26)20(27)28)6-13(2)19(12)29-11-14-3-4-18(22)17(7-14)21(23,24)25/h3-7,16H,8-11H2,1-2H3,(H,27,28). The van der Waals surface area contributed by atoms with Gasteiger partial charge in [-0.3, -0.25) is 9.69 Å². The number of hydrogen-bond acceptors (Lipinski definition) is 3. The van der Waals surface area contributed by atoms with E-state index >= 15 is 0 Å². The first-order chi connectivity index (χ1) is 13.5. The molecule has 0 atom stereocenters. The number of ether oxygens (including phenoxy) is 1. The van der Waals surface area contributed by atoms with Gasteiger partial charge in [-0.15, -0.1) is 0 Å². The first kappa shape index (κ1) is 21.5. The van der Waals surface area contributed by atoms with E-state index < -0.39 is 17.7 Å². The molecule has 0 amide bonds. The third-order valence-electron chi connectivity index (χ3n) is 4.95. The van der Waals surface area contributed by atoms with Crippen molar-refractivity contribution in [2.24, 2.45) is 5.92 Å². The average Bonchev–Trinajstić information content (AvgIpc) is 2.57.